The number of hydrogen-bond donors (Lipinski definition) is 3. The first kappa shape index (κ1) is 32.8. The van der Waals surface area contributed by atoms with Gasteiger partial charge in [0.25, 0.3) is 0 Å². The monoisotopic (exact) mass is 551 g/mol. The van der Waals surface area contributed by atoms with E-state index in [4.69, 9.17) is 9.47 Å². The Morgan fingerprint density at radius 2 is 1.92 bits per heavy atom. The number of phenols is 1. The van der Waals surface area contributed by atoms with Crippen LogP contribution in [0, 0.1) is 6.92 Å². The van der Waals surface area contributed by atoms with E-state index in [0.717, 1.165) is 0 Å². The highest BCUT2D eigenvalue weighted by molar-refractivity contribution is 7.98. The van der Waals surface area contributed by atoms with Crippen LogP contribution < -0.4 is 10.6 Å². The molecule has 0 aliphatic rings. The molecule has 0 saturated carbocycles. The lowest BCUT2D eigenvalue weighted by Gasteiger charge is -2.34. The number of aryl methyl sites for hydroxylation is 1. The highest BCUT2D eigenvalue weighted by atomic mass is 32.2. The number of carbonyl (C=O) groups excluding carboxylic acids is 4. The van der Waals surface area contributed by atoms with Gasteiger partial charge in [0.1, 0.15) is 23.4 Å². The third-order valence-corrected chi connectivity index (χ3v) is 5.88. The summed E-state index contributed by atoms with van der Waals surface area (Å²) >= 11 is 1.51. The predicted molar refractivity (Wildman–Crippen MR) is 148 cm³/mol. The molecule has 0 aromatic heterocycles. The molecule has 3 amide bonds. The number of ether oxygens (including phenoxy) is 2. The molecule has 0 radical (unpaired) electrons. The van der Waals surface area contributed by atoms with Crippen molar-refractivity contribution < 1.29 is 33.8 Å². The van der Waals surface area contributed by atoms with Crippen LogP contribution in [-0.4, -0.2) is 77.2 Å². The second-order valence-corrected chi connectivity index (χ2v) is 10.5. The van der Waals surface area contributed by atoms with E-state index in [2.05, 4.69) is 17.2 Å². The minimum Gasteiger partial charge on any atom is -0.508 e. The lowest BCUT2D eigenvalue weighted by atomic mass is 10.00. The summed E-state index contributed by atoms with van der Waals surface area (Å²) in [5.41, 5.74) is 0.205. The number of hydrogen-bond acceptors (Lipinski definition) is 8. The average Bonchev–Trinajstić information content (AvgIpc) is 2.82. The number of nitrogens with zero attached hydrogens (tertiary/aromatic N) is 1. The number of phenolic OH excluding ortho intramolecular Hbond substituents is 1. The number of benzene rings is 1. The minimum absolute atomic E-state index is 0.000483. The molecule has 10 nitrogen and oxygen atoms in total. The molecule has 38 heavy (non-hydrogen) atoms. The van der Waals surface area contributed by atoms with Gasteiger partial charge in [-0.3, -0.25) is 14.4 Å². The second-order valence-electron chi connectivity index (χ2n) is 9.55. The van der Waals surface area contributed by atoms with Crippen molar-refractivity contribution in [1.29, 1.82) is 0 Å². The summed E-state index contributed by atoms with van der Waals surface area (Å²) in [7, 11) is 0. The van der Waals surface area contributed by atoms with E-state index in [1.165, 1.54) is 28.8 Å². The van der Waals surface area contributed by atoms with Gasteiger partial charge in [-0.05, 0) is 76.3 Å². The standard InChI is InChI=1S/C27H41N3O7S/c1-8-15-30(25(34)20(13-16-38-7)29-26(35)37-27(4,5)6)23(19-10-11-21(31)18(3)17-19)24(33)28-14-12-22(32)36-9-2/h8,10-11,17,20,23,31H,1,9,12-16H2,2-7H3,(H,28,33)(H,29,35). The van der Waals surface area contributed by atoms with Gasteiger partial charge in [0, 0.05) is 13.1 Å². The van der Waals surface area contributed by atoms with E-state index < -0.39 is 41.6 Å². The Morgan fingerprint density at radius 3 is 2.47 bits per heavy atom. The van der Waals surface area contributed by atoms with Crippen LogP contribution in [0.2, 0.25) is 0 Å². The maximum absolute atomic E-state index is 13.9. The van der Waals surface area contributed by atoms with Gasteiger partial charge in [-0.15, -0.1) is 6.58 Å². The van der Waals surface area contributed by atoms with Crippen molar-refractivity contribution >= 4 is 35.6 Å². The number of aromatic hydroxyl groups is 1. The van der Waals surface area contributed by atoms with Crippen molar-refractivity contribution in [3.8, 4) is 5.75 Å². The fraction of sp³-hybridized carbons (Fsp3) is 0.556. The Balaban J connectivity index is 3.38. The number of thioether (sulfide) groups is 1. The summed E-state index contributed by atoms with van der Waals surface area (Å²) in [6.07, 6.45) is 2.90. The molecular weight excluding hydrogens is 510 g/mol. The van der Waals surface area contributed by atoms with Gasteiger partial charge in [0.05, 0.1) is 13.0 Å². The van der Waals surface area contributed by atoms with Crippen LogP contribution in [-0.2, 0) is 23.9 Å². The Morgan fingerprint density at radius 1 is 1.24 bits per heavy atom. The van der Waals surface area contributed by atoms with Gasteiger partial charge >= 0.3 is 12.1 Å². The molecule has 0 aliphatic heterocycles. The third kappa shape index (κ3) is 11.0. The number of amides is 3. The van der Waals surface area contributed by atoms with E-state index >= 15 is 0 Å². The first-order chi connectivity index (χ1) is 17.8. The van der Waals surface area contributed by atoms with Crippen molar-refractivity contribution in [2.45, 2.75) is 65.1 Å². The van der Waals surface area contributed by atoms with Crippen LogP contribution in [0.4, 0.5) is 4.79 Å². The van der Waals surface area contributed by atoms with E-state index in [0.29, 0.717) is 23.3 Å². The van der Waals surface area contributed by atoms with Gasteiger partial charge < -0.3 is 30.1 Å². The molecule has 2 atom stereocenters. The molecule has 0 heterocycles. The summed E-state index contributed by atoms with van der Waals surface area (Å²) in [6, 6.07) is 2.53. The van der Waals surface area contributed by atoms with Gasteiger partial charge in [-0.2, -0.15) is 11.8 Å². The van der Waals surface area contributed by atoms with Crippen LogP contribution in [0.5, 0.6) is 5.75 Å². The molecule has 1 aromatic rings. The summed E-state index contributed by atoms with van der Waals surface area (Å²) in [6.45, 7) is 12.5. The van der Waals surface area contributed by atoms with Crippen LogP contribution in [0.15, 0.2) is 30.9 Å². The Hall–Kier alpha value is -3.21. The fourth-order valence-corrected chi connectivity index (χ4v) is 4.02. The lowest BCUT2D eigenvalue weighted by molar-refractivity contribution is -0.144. The summed E-state index contributed by atoms with van der Waals surface area (Å²) in [5.74, 6) is -0.872. The quantitative estimate of drug-likeness (QED) is 0.236. The summed E-state index contributed by atoms with van der Waals surface area (Å²) in [5, 5.41) is 15.4. The fourth-order valence-electron chi connectivity index (χ4n) is 3.54. The number of rotatable bonds is 14. The molecule has 212 valence electrons. The maximum Gasteiger partial charge on any atom is 0.408 e. The molecule has 0 aliphatic carbocycles. The summed E-state index contributed by atoms with van der Waals surface area (Å²) < 4.78 is 10.3. The van der Waals surface area contributed by atoms with Gasteiger partial charge in [0.15, 0.2) is 0 Å². The zero-order valence-electron chi connectivity index (χ0n) is 23.2. The Kier molecular flexibility index (Phi) is 13.7. The van der Waals surface area contributed by atoms with E-state index in [1.807, 2.05) is 6.26 Å². The SMILES string of the molecule is C=CCN(C(=O)C(CCSC)NC(=O)OC(C)(C)C)C(C(=O)NCCC(=O)OCC)c1ccc(O)c(C)c1. The molecule has 0 fully saturated rings. The predicted octanol–water partition coefficient (Wildman–Crippen LogP) is 3.47. The van der Waals surface area contributed by atoms with Crippen LogP contribution in [0.3, 0.4) is 0 Å². The minimum atomic E-state index is -1.13. The number of esters is 1. The molecule has 11 heteroatoms. The smallest absolute Gasteiger partial charge is 0.408 e. The van der Waals surface area contributed by atoms with Crippen molar-refractivity contribution in [2.24, 2.45) is 0 Å². The number of carbonyl (C=O) groups is 4. The molecule has 0 spiro atoms. The van der Waals surface area contributed by atoms with Crippen LogP contribution in [0.25, 0.3) is 0 Å². The zero-order valence-corrected chi connectivity index (χ0v) is 24.0. The molecule has 1 rings (SSSR count). The number of nitrogens with one attached hydrogen (secondary N) is 2. The highest BCUT2D eigenvalue weighted by Crippen LogP contribution is 2.27. The van der Waals surface area contributed by atoms with Crippen molar-refractivity contribution in [3.05, 3.63) is 42.0 Å². The van der Waals surface area contributed by atoms with E-state index in [1.54, 1.807) is 46.8 Å². The molecular formula is C27H41N3O7S. The Bertz CT molecular complexity index is 978. The van der Waals surface area contributed by atoms with Crippen LogP contribution >= 0.6 is 11.8 Å². The lowest BCUT2D eigenvalue weighted by Crippen LogP contribution is -2.53. The second kappa shape index (κ2) is 15.9. The molecule has 2 unspecified atom stereocenters. The first-order valence-corrected chi connectivity index (χ1v) is 13.9. The van der Waals surface area contributed by atoms with Crippen LogP contribution in [0.1, 0.15) is 57.7 Å². The number of alkyl carbamates (subject to hydrolysis) is 1. The normalized spacial score (nSPS) is 12.6. The van der Waals surface area contributed by atoms with Crippen molar-refractivity contribution in [1.82, 2.24) is 15.5 Å². The van der Waals surface area contributed by atoms with Crippen molar-refractivity contribution in [3.63, 3.8) is 0 Å². The van der Waals surface area contributed by atoms with E-state index in [9.17, 15) is 24.3 Å². The van der Waals surface area contributed by atoms with Gasteiger partial charge in [0.2, 0.25) is 11.8 Å². The van der Waals surface area contributed by atoms with E-state index in [-0.39, 0.29) is 31.9 Å². The largest absolute Gasteiger partial charge is 0.508 e. The molecule has 0 bridgehead atoms. The molecule has 1 aromatic carbocycles. The Labute approximate surface area is 229 Å². The highest BCUT2D eigenvalue weighted by Gasteiger charge is 2.35. The maximum atomic E-state index is 13.9. The zero-order chi connectivity index (χ0) is 28.9. The average molecular weight is 552 g/mol. The summed E-state index contributed by atoms with van der Waals surface area (Å²) in [4.78, 5) is 53.0. The first-order valence-electron chi connectivity index (χ1n) is 12.5. The topological polar surface area (TPSA) is 134 Å². The van der Waals surface area contributed by atoms with Gasteiger partial charge in [-0.25, -0.2) is 4.79 Å². The van der Waals surface area contributed by atoms with Crippen molar-refractivity contribution in [2.75, 3.05) is 31.7 Å². The van der Waals surface area contributed by atoms with Gasteiger partial charge in [-0.1, -0.05) is 12.1 Å². The third-order valence-electron chi connectivity index (χ3n) is 5.24. The molecule has 3 N–H and O–H groups in total. The molecule has 0 saturated heterocycles.